The van der Waals surface area contributed by atoms with Crippen LogP contribution in [0.3, 0.4) is 0 Å². The largest absolute Gasteiger partial charge is 0.497 e. The number of aromatic nitrogens is 3. The number of nitrogens with zero attached hydrogens (tertiary/aromatic N) is 3. The van der Waals surface area contributed by atoms with E-state index in [4.69, 9.17) is 9.47 Å². The number of methoxy groups -OCH3 is 2. The number of aliphatic hydroxyl groups excluding tert-OH is 1. The molecule has 0 amide bonds. The normalized spacial score (nSPS) is 13.1. The van der Waals surface area contributed by atoms with E-state index in [2.05, 4.69) is 15.0 Å². The number of hydrogen-bond acceptors (Lipinski definition) is 7. The maximum absolute atomic E-state index is 12.9. The highest BCUT2D eigenvalue weighted by atomic mass is 32.1. The molecule has 168 valence electrons. The first kappa shape index (κ1) is 22.4. The van der Waals surface area contributed by atoms with Crippen LogP contribution in [0.5, 0.6) is 5.75 Å². The first-order valence-electron chi connectivity index (χ1n) is 9.67. The Morgan fingerprint density at radius 3 is 2.56 bits per heavy atom. The Balaban J connectivity index is 1.89. The summed E-state index contributed by atoms with van der Waals surface area (Å²) in [6, 6.07) is 6.90. The smallest absolute Gasteiger partial charge is 0.391 e. The van der Waals surface area contributed by atoms with Gasteiger partial charge in [0.05, 0.1) is 59.4 Å². The summed E-state index contributed by atoms with van der Waals surface area (Å²) in [4.78, 5) is 13.7. The predicted molar refractivity (Wildman–Crippen MR) is 116 cm³/mol. The fourth-order valence-electron chi connectivity index (χ4n) is 3.53. The molecule has 2 aromatic carbocycles. The maximum Gasteiger partial charge on any atom is 0.391 e. The van der Waals surface area contributed by atoms with E-state index in [0.717, 1.165) is 5.56 Å². The van der Waals surface area contributed by atoms with E-state index in [1.165, 1.54) is 24.5 Å². The predicted octanol–water partition coefficient (Wildman–Crippen LogP) is 5.36. The third-order valence-electron chi connectivity index (χ3n) is 4.88. The van der Waals surface area contributed by atoms with Crippen molar-refractivity contribution in [3.05, 3.63) is 47.3 Å². The molecule has 0 saturated carbocycles. The van der Waals surface area contributed by atoms with Crippen LogP contribution in [0, 0.1) is 6.92 Å². The number of aliphatic hydroxyl groups is 1. The summed E-state index contributed by atoms with van der Waals surface area (Å²) in [5.74, 6) is 0.349. The summed E-state index contributed by atoms with van der Waals surface area (Å²) in [6.07, 6.45) is -6.02. The van der Waals surface area contributed by atoms with Gasteiger partial charge in [0.25, 0.3) is 0 Å². The molecule has 0 aliphatic carbocycles. The van der Waals surface area contributed by atoms with Crippen molar-refractivity contribution in [1.82, 2.24) is 15.0 Å². The summed E-state index contributed by atoms with van der Waals surface area (Å²) in [5, 5.41) is 10.9. The van der Waals surface area contributed by atoms with Crippen molar-refractivity contribution in [2.75, 3.05) is 14.2 Å². The van der Waals surface area contributed by atoms with Gasteiger partial charge in [0.2, 0.25) is 0 Å². The fraction of sp³-hybridized carbons (Fsp3) is 0.318. The summed E-state index contributed by atoms with van der Waals surface area (Å²) < 4.78 is 49.7. The third kappa shape index (κ3) is 4.52. The molecule has 1 N–H and O–H groups in total. The summed E-state index contributed by atoms with van der Waals surface area (Å²) in [7, 11) is 3.00. The number of aryl methyl sites for hydroxylation is 1. The first-order valence-corrected chi connectivity index (χ1v) is 10.5. The van der Waals surface area contributed by atoms with Gasteiger partial charge >= 0.3 is 6.18 Å². The second-order valence-electron chi connectivity index (χ2n) is 7.39. The molecule has 6 nitrogen and oxygen atoms in total. The molecule has 0 aliphatic rings. The van der Waals surface area contributed by atoms with E-state index in [9.17, 15) is 18.3 Å². The van der Waals surface area contributed by atoms with Gasteiger partial charge in [-0.25, -0.2) is 9.97 Å². The van der Waals surface area contributed by atoms with Crippen LogP contribution in [-0.2, 0) is 11.3 Å². The van der Waals surface area contributed by atoms with Crippen LogP contribution >= 0.6 is 11.3 Å². The van der Waals surface area contributed by atoms with E-state index in [1.54, 1.807) is 19.4 Å². The van der Waals surface area contributed by atoms with Crippen molar-refractivity contribution < 1.29 is 27.8 Å². The molecule has 4 aromatic rings. The van der Waals surface area contributed by atoms with Crippen LogP contribution in [0.2, 0.25) is 0 Å². The molecule has 2 aromatic heterocycles. The molecule has 10 heteroatoms. The number of hydrogen-bond donors (Lipinski definition) is 1. The fourth-order valence-corrected chi connectivity index (χ4v) is 4.58. The summed E-state index contributed by atoms with van der Waals surface area (Å²) >= 11 is 1.29. The van der Waals surface area contributed by atoms with Crippen molar-refractivity contribution in [2.24, 2.45) is 0 Å². The Labute approximate surface area is 185 Å². The molecule has 4 rings (SSSR count). The Bertz CT molecular complexity index is 1290. The van der Waals surface area contributed by atoms with Crippen molar-refractivity contribution in [2.45, 2.75) is 32.2 Å². The van der Waals surface area contributed by atoms with Crippen LogP contribution in [0.4, 0.5) is 13.2 Å². The molecule has 2 heterocycles. The number of halogens is 3. The molecule has 0 fully saturated rings. The molecule has 0 radical (unpaired) electrons. The van der Waals surface area contributed by atoms with Gasteiger partial charge in [-0.3, -0.25) is 4.98 Å². The number of alkyl halides is 3. The molecule has 32 heavy (non-hydrogen) atoms. The van der Waals surface area contributed by atoms with Gasteiger partial charge in [-0.05, 0) is 36.8 Å². The molecule has 0 spiro atoms. The molecule has 1 unspecified atom stereocenters. The highest BCUT2D eigenvalue weighted by Crippen LogP contribution is 2.40. The summed E-state index contributed by atoms with van der Waals surface area (Å²) in [6.45, 7) is 2.25. The Hall–Kier alpha value is -2.82. The number of rotatable bonds is 6. The third-order valence-corrected chi connectivity index (χ3v) is 5.92. The van der Waals surface area contributed by atoms with Gasteiger partial charge < -0.3 is 14.6 Å². The molecule has 0 bridgehead atoms. The number of ether oxygens (including phenoxy) is 2. The highest BCUT2D eigenvalue weighted by molar-refractivity contribution is 7.21. The average molecular weight is 463 g/mol. The van der Waals surface area contributed by atoms with Crippen LogP contribution < -0.4 is 4.74 Å². The molecular weight excluding hydrogens is 443 g/mol. The van der Waals surface area contributed by atoms with Gasteiger partial charge in [0, 0.05) is 18.2 Å². The minimum atomic E-state index is -4.52. The Morgan fingerprint density at radius 2 is 1.88 bits per heavy atom. The lowest BCUT2D eigenvalue weighted by atomic mass is 10.0. The van der Waals surface area contributed by atoms with Gasteiger partial charge in [-0.15, -0.1) is 11.3 Å². The Morgan fingerprint density at radius 1 is 1.09 bits per heavy atom. The van der Waals surface area contributed by atoms with Crippen LogP contribution in [0.25, 0.3) is 31.8 Å². The second kappa shape index (κ2) is 8.61. The van der Waals surface area contributed by atoms with Gasteiger partial charge in [0.1, 0.15) is 10.8 Å². The van der Waals surface area contributed by atoms with E-state index >= 15 is 0 Å². The van der Waals surface area contributed by atoms with E-state index in [1.807, 2.05) is 19.1 Å². The van der Waals surface area contributed by atoms with Crippen LogP contribution in [0.1, 0.15) is 29.3 Å². The first-order chi connectivity index (χ1) is 15.2. The standard InChI is InChI=1S/C22H20F3N3O3S/c1-11-4-15(19-16(5-11)27-12(9-26-19)10-30-2)21-28-20-14(17(29)8-22(23,24)25)6-13(31-3)7-18(20)32-21/h4-7,9,17,29H,8,10H2,1-3H3. The quantitative estimate of drug-likeness (QED) is 0.415. The lowest BCUT2D eigenvalue weighted by molar-refractivity contribution is -0.154. The zero-order valence-corrected chi connectivity index (χ0v) is 18.3. The lowest BCUT2D eigenvalue weighted by Crippen LogP contribution is -2.14. The van der Waals surface area contributed by atoms with Gasteiger partial charge in [0.15, 0.2) is 0 Å². The van der Waals surface area contributed by atoms with Crippen molar-refractivity contribution in [3.63, 3.8) is 0 Å². The zero-order valence-electron chi connectivity index (χ0n) is 17.5. The molecule has 0 saturated heterocycles. The topological polar surface area (TPSA) is 77.4 Å². The SMILES string of the molecule is COCc1cnc2c(-c3nc4c(C(O)CC(F)(F)F)cc(OC)cc4s3)cc(C)cc2n1. The molecule has 1 atom stereocenters. The van der Waals surface area contributed by atoms with E-state index in [-0.39, 0.29) is 5.56 Å². The maximum atomic E-state index is 12.9. The number of fused-ring (bicyclic) bond motifs is 2. The van der Waals surface area contributed by atoms with Gasteiger partial charge in [-0.1, -0.05) is 0 Å². The van der Waals surface area contributed by atoms with Crippen LogP contribution in [0.15, 0.2) is 30.5 Å². The van der Waals surface area contributed by atoms with Crippen molar-refractivity contribution in [3.8, 4) is 16.3 Å². The minimum Gasteiger partial charge on any atom is -0.497 e. The van der Waals surface area contributed by atoms with Crippen molar-refractivity contribution >= 4 is 32.6 Å². The second-order valence-corrected chi connectivity index (χ2v) is 8.42. The van der Waals surface area contributed by atoms with E-state index in [0.29, 0.717) is 49.9 Å². The molecular formula is C22H20F3N3O3S. The lowest BCUT2D eigenvalue weighted by Gasteiger charge is -2.15. The zero-order chi connectivity index (χ0) is 23.0. The van der Waals surface area contributed by atoms with Gasteiger partial charge in [-0.2, -0.15) is 13.2 Å². The number of benzene rings is 2. The van der Waals surface area contributed by atoms with E-state index < -0.39 is 18.7 Å². The Kier molecular flexibility index (Phi) is 6.02. The monoisotopic (exact) mass is 463 g/mol. The average Bonchev–Trinajstić information content (AvgIpc) is 3.15. The van der Waals surface area contributed by atoms with Crippen LogP contribution in [-0.4, -0.2) is 40.5 Å². The minimum absolute atomic E-state index is 0.0737. The number of thiazole rings is 1. The highest BCUT2D eigenvalue weighted by Gasteiger charge is 2.33. The molecule has 0 aliphatic heterocycles. The van der Waals surface area contributed by atoms with Crippen molar-refractivity contribution in [1.29, 1.82) is 0 Å². The summed E-state index contributed by atoms with van der Waals surface area (Å²) in [5.41, 5.74) is 4.01.